The minimum Gasteiger partial charge on any atom is -0.488 e. The smallest absolute Gasteiger partial charge is 0.408 e. The van der Waals surface area contributed by atoms with Crippen molar-refractivity contribution in [1.29, 1.82) is 5.26 Å². The van der Waals surface area contributed by atoms with Crippen LogP contribution in [0.1, 0.15) is 76.1 Å². The van der Waals surface area contributed by atoms with Gasteiger partial charge in [-0.1, -0.05) is 68.5 Å². The number of aromatic nitrogens is 1. The van der Waals surface area contributed by atoms with Crippen molar-refractivity contribution >= 4 is 11.7 Å². The number of amides is 1. The number of nitrogens with zero attached hydrogens (tertiary/aromatic N) is 2. The Balaban J connectivity index is 1.94. The van der Waals surface area contributed by atoms with Gasteiger partial charge in [-0.3, -0.25) is 0 Å². The van der Waals surface area contributed by atoms with Gasteiger partial charge in [0.1, 0.15) is 30.1 Å². The first-order valence-electron chi connectivity index (χ1n) is 12.0. The number of oxazole rings is 1. The molecule has 2 aromatic carbocycles. The Kier molecular flexibility index (Phi) is 8.55. The lowest BCUT2D eigenvalue weighted by molar-refractivity contribution is 0.0479. The van der Waals surface area contributed by atoms with E-state index in [2.05, 4.69) is 16.4 Å². The Morgan fingerprint density at radius 3 is 2.42 bits per heavy atom. The lowest BCUT2D eigenvalue weighted by atomic mass is 10.0. The number of benzene rings is 2. The summed E-state index contributed by atoms with van der Waals surface area (Å²) in [4.78, 5) is 16.9. The Labute approximate surface area is 212 Å². The Morgan fingerprint density at radius 1 is 1.14 bits per heavy atom. The number of nitriles is 1. The van der Waals surface area contributed by atoms with Crippen molar-refractivity contribution in [3.63, 3.8) is 0 Å². The van der Waals surface area contributed by atoms with E-state index < -0.39 is 17.7 Å². The van der Waals surface area contributed by atoms with Gasteiger partial charge >= 0.3 is 6.09 Å². The molecule has 0 radical (unpaired) electrons. The average Bonchev–Trinajstić information content (AvgIpc) is 3.25. The third-order valence-corrected chi connectivity index (χ3v) is 5.30. The summed E-state index contributed by atoms with van der Waals surface area (Å²) in [5.41, 5.74) is 1.98. The molecule has 1 amide bonds. The van der Waals surface area contributed by atoms with Crippen LogP contribution in [0.5, 0.6) is 5.75 Å². The van der Waals surface area contributed by atoms with Crippen LogP contribution in [-0.4, -0.2) is 16.7 Å². The van der Waals surface area contributed by atoms with Crippen molar-refractivity contribution in [2.45, 2.75) is 59.8 Å². The molecule has 3 rings (SSSR count). The Bertz CT molecular complexity index is 1250. The van der Waals surface area contributed by atoms with E-state index in [9.17, 15) is 10.1 Å². The van der Waals surface area contributed by atoms with Gasteiger partial charge in [0.2, 0.25) is 5.89 Å². The zero-order chi connectivity index (χ0) is 26.3. The molecule has 7 heteroatoms. The Morgan fingerprint density at radius 2 is 1.81 bits per heavy atom. The number of alkyl carbamates (subject to hydrolysis) is 1. The maximum atomic E-state index is 12.5. The largest absolute Gasteiger partial charge is 0.488 e. The predicted molar refractivity (Wildman–Crippen MR) is 138 cm³/mol. The molecule has 0 unspecified atom stereocenters. The second kappa shape index (κ2) is 11.6. The molecule has 0 aliphatic rings. The summed E-state index contributed by atoms with van der Waals surface area (Å²) >= 11 is 0. The fourth-order valence-electron chi connectivity index (χ4n) is 3.64. The molecule has 7 nitrogen and oxygen atoms in total. The van der Waals surface area contributed by atoms with Crippen LogP contribution in [0.25, 0.3) is 5.57 Å². The molecule has 0 saturated heterocycles. The van der Waals surface area contributed by atoms with Crippen LogP contribution in [0.4, 0.5) is 4.79 Å². The highest BCUT2D eigenvalue weighted by atomic mass is 16.6. The number of rotatable bonds is 8. The molecule has 0 bridgehead atoms. The van der Waals surface area contributed by atoms with Crippen molar-refractivity contribution in [3.8, 4) is 11.8 Å². The van der Waals surface area contributed by atoms with Crippen LogP contribution in [0.2, 0.25) is 0 Å². The van der Waals surface area contributed by atoms with Gasteiger partial charge in [0.05, 0.1) is 0 Å². The van der Waals surface area contributed by atoms with Gasteiger partial charge < -0.3 is 19.2 Å². The molecule has 0 saturated carbocycles. The summed E-state index contributed by atoms with van der Waals surface area (Å²) in [5.74, 6) is 1.15. The topological polar surface area (TPSA) is 97.4 Å². The zero-order valence-electron chi connectivity index (χ0n) is 21.7. The number of hydrogen-bond acceptors (Lipinski definition) is 6. The number of hydrogen-bond donors (Lipinski definition) is 1. The number of para-hydroxylation sites is 1. The number of ether oxygens (including phenoxy) is 2. The lowest BCUT2D eigenvalue weighted by Gasteiger charge is -2.24. The average molecular weight is 488 g/mol. The van der Waals surface area contributed by atoms with E-state index in [1.807, 2.05) is 81.4 Å². The fourth-order valence-corrected chi connectivity index (χ4v) is 3.64. The quantitative estimate of drug-likeness (QED) is 0.375. The molecule has 3 aromatic rings. The number of carbonyl (C=O) groups excluding carboxylic acids is 1. The summed E-state index contributed by atoms with van der Waals surface area (Å²) in [7, 11) is 0. The predicted octanol–water partition coefficient (Wildman–Crippen LogP) is 6.80. The number of carbonyl (C=O) groups is 1. The minimum absolute atomic E-state index is 0.0638. The van der Waals surface area contributed by atoms with Crippen LogP contribution in [0.3, 0.4) is 0 Å². The number of allylic oxidation sites excluding steroid dienone is 1. The molecular formula is C29H33N3O4. The molecule has 0 aliphatic heterocycles. The zero-order valence-corrected chi connectivity index (χ0v) is 21.7. The standard InChI is InChI=1S/C29H33N3O4/c1-7-21(22-15-11-12-16-24(22)34-18-20-13-9-8-10-14-20)26-23(17-30)31-27(35-26)25(19(2)3)32-28(33)36-29(4,5)6/h7-16,19,25H,18H2,1-6H3,(H,32,33)/b21-7+/t25-/m0/s1. The summed E-state index contributed by atoms with van der Waals surface area (Å²) in [6, 6.07) is 19.0. The molecule has 1 aromatic heterocycles. The maximum Gasteiger partial charge on any atom is 0.408 e. The molecule has 36 heavy (non-hydrogen) atoms. The highest BCUT2D eigenvalue weighted by Gasteiger charge is 2.29. The van der Waals surface area contributed by atoms with Crippen LogP contribution in [0.15, 0.2) is 65.1 Å². The summed E-state index contributed by atoms with van der Waals surface area (Å²) in [6.45, 7) is 11.5. The third kappa shape index (κ3) is 6.76. The van der Waals surface area contributed by atoms with Gasteiger partial charge in [-0.05, 0) is 45.2 Å². The van der Waals surface area contributed by atoms with E-state index in [1.54, 1.807) is 20.8 Å². The van der Waals surface area contributed by atoms with E-state index in [-0.39, 0.29) is 17.5 Å². The summed E-state index contributed by atoms with van der Waals surface area (Å²) in [5, 5.41) is 12.7. The fraction of sp³-hybridized carbons (Fsp3) is 0.345. The van der Waals surface area contributed by atoms with Crippen LogP contribution in [-0.2, 0) is 11.3 Å². The first-order chi connectivity index (χ1) is 17.1. The maximum absolute atomic E-state index is 12.5. The molecular weight excluding hydrogens is 454 g/mol. The monoisotopic (exact) mass is 487 g/mol. The highest BCUT2D eigenvalue weighted by Crippen LogP contribution is 2.35. The molecule has 1 atom stereocenters. The third-order valence-electron chi connectivity index (χ3n) is 5.30. The van der Waals surface area contributed by atoms with Crippen molar-refractivity contribution in [1.82, 2.24) is 10.3 Å². The second-order valence-electron chi connectivity index (χ2n) is 9.68. The van der Waals surface area contributed by atoms with Gasteiger partial charge in [-0.2, -0.15) is 5.26 Å². The van der Waals surface area contributed by atoms with Crippen molar-refractivity contribution in [2.75, 3.05) is 0 Å². The molecule has 0 fully saturated rings. The van der Waals surface area contributed by atoms with E-state index >= 15 is 0 Å². The Hall–Kier alpha value is -4.05. The van der Waals surface area contributed by atoms with Gasteiger partial charge in [-0.25, -0.2) is 9.78 Å². The van der Waals surface area contributed by atoms with Crippen LogP contribution in [0, 0.1) is 17.2 Å². The van der Waals surface area contributed by atoms with E-state index in [1.165, 1.54) is 0 Å². The van der Waals surface area contributed by atoms with Gasteiger partial charge in [0.15, 0.2) is 11.5 Å². The van der Waals surface area contributed by atoms with Crippen molar-refractivity contribution in [2.24, 2.45) is 5.92 Å². The normalized spacial score (nSPS) is 12.7. The summed E-state index contributed by atoms with van der Waals surface area (Å²) in [6.07, 6.45) is 1.28. The van der Waals surface area contributed by atoms with Gasteiger partial charge in [0, 0.05) is 11.1 Å². The second-order valence-corrected chi connectivity index (χ2v) is 9.68. The molecule has 1 heterocycles. The van der Waals surface area contributed by atoms with Gasteiger partial charge in [0.25, 0.3) is 0 Å². The molecule has 1 N–H and O–H groups in total. The SMILES string of the molecule is C/C=C(\c1ccccc1OCc1ccccc1)c1oc([C@@H](NC(=O)OC(C)(C)C)C(C)C)nc1C#N. The number of nitrogens with one attached hydrogen (secondary N) is 1. The van der Waals surface area contributed by atoms with Crippen molar-refractivity contribution in [3.05, 3.63) is 89.1 Å². The van der Waals surface area contributed by atoms with Crippen LogP contribution >= 0.6 is 0 Å². The molecule has 0 aliphatic carbocycles. The van der Waals surface area contributed by atoms with E-state index in [0.29, 0.717) is 23.7 Å². The molecule has 188 valence electrons. The first-order valence-corrected chi connectivity index (χ1v) is 12.0. The highest BCUT2D eigenvalue weighted by molar-refractivity contribution is 5.82. The lowest BCUT2D eigenvalue weighted by Crippen LogP contribution is -2.37. The van der Waals surface area contributed by atoms with Crippen molar-refractivity contribution < 1.29 is 18.7 Å². The van der Waals surface area contributed by atoms with E-state index in [4.69, 9.17) is 13.9 Å². The molecule has 0 spiro atoms. The van der Waals surface area contributed by atoms with E-state index in [0.717, 1.165) is 11.1 Å². The van der Waals surface area contributed by atoms with Crippen LogP contribution < -0.4 is 10.1 Å². The summed E-state index contributed by atoms with van der Waals surface area (Å²) < 4.78 is 17.7. The van der Waals surface area contributed by atoms with Gasteiger partial charge in [-0.15, -0.1) is 0 Å². The minimum atomic E-state index is -0.646. The first kappa shape index (κ1) is 26.6.